The lowest BCUT2D eigenvalue weighted by Crippen LogP contribution is -2.30. The van der Waals surface area contributed by atoms with Crippen molar-refractivity contribution in [3.63, 3.8) is 0 Å². The second-order valence-electron chi connectivity index (χ2n) is 5.25. The molecule has 0 fully saturated rings. The van der Waals surface area contributed by atoms with E-state index in [1.54, 1.807) is 24.3 Å². The number of carbonyl (C=O) groups excluding carboxylic acids is 2. The molecule has 0 saturated heterocycles. The van der Waals surface area contributed by atoms with Crippen LogP contribution in [-0.2, 0) is 9.53 Å². The summed E-state index contributed by atoms with van der Waals surface area (Å²) >= 11 is 0. The summed E-state index contributed by atoms with van der Waals surface area (Å²) in [5, 5.41) is 5.37. The Labute approximate surface area is 125 Å². The second kappa shape index (κ2) is 8.26. The molecule has 1 aromatic rings. The van der Waals surface area contributed by atoms with Gasteiger partial charge in [-0.3, -0.25) is 10.1 Å². The van der Waals surface area contributed by atoms with Crippen LogP contribution in [0.2, 0.25) is 0 Å². The van der Waals surface area contributed by atoms with Crippen molar-refractivity contribution in [3.8, 4) is 0 Å². The maximum absolute atomic E-state index is 12.1. The highest BCUT2D eigenvalue weighted by Crippen LogP contribution is 2.17. The molecule has 1 atom stereocenters. The minimum Gasteiger partial charge on any atom is -0.453 e. The van der Waals surface area contributed by atoms with Gasteiger partial charge < -0.3 is 15.8 Å². The Morgan fingerprint density at radius 1 is 1.14 bits per heavy atom. The Morgan fingerprint density at radius 3 is 2.10 bits per heavy atom. The molecule has 0 aliphatic rings. The molecule has 0 spiro atoms. The van der Waals surface area contributed by atoms with Crippen molar-refractivity contribution in [2.75, 3.05) is 24.3 Å². The van der Waals surface area contributed by atoms with Crippen LogP contribution >= 0.6 is 0 Å². The van der Waals surface area contributed by atoms with E-state index in [4.69, 9.17) is 5.73 Å². The number of anilines is 2. The van der Waals surface area contributed by atoms with E-state index in [0.717, 1.165) is 6.42 Å². The number of amides is 2. The zero-order valence-electron chi connectivity index (χ0n) is 12.7. The van der Waals surface area contributed by atoms with Gasteiger partial charge in [0.15, 0.2) is 0 Å². The molecule has 6 heteroatoms. The number of hydrogen-bond acceptors (Lipinski definition) is 4. The van der Waals surface area contributed by atoms with Crippen LogP contribution in [0.25, 0.3) is 0 Å². The van der Waals surface area contributed by atoms with E-state index in [1.165, 1.54) is 7.11 Å². The number of nitrogens with two attached hydrogens (primary N) is 1. The molecule has 0 aliphatic heterocycles. The van der Waals surface area contributed by atoms with Crippen molar-refractivity contribution < 1.29 is 14.3 Å². The van der Waals surface area contributed by atoms with E-state index >= 15 is 0 Å². The first-order valence-electron chi connectivity index (χ1n) is 6.92. The first-order valence-corrected chi connectivity index (χ1v) is 6.92. The molecule has 116 valence electrons. The predicted octanol–water partition coefficient (Wildman–Crippen LogP) is 2.42. The first-order chi connectivity index (χ1) is 9.96. The van der Waals surface area contributed by atoms with E-state index in [2.05, 4.69) is 29.2 Å². The summed E-state index contributed by atoms with van der Waals surface area (Å²) < 4.78 is 4.50. The van der Waals surface area contributed by atoms with Crippen LogP contribution in [0.3, 0.4) is 0 Å². The summed E-state index contributed by atoms with van der Waals surface area (Å²) in [7, 11) is 1.30. The molecule has 0 heterocycles. The molecule has 0 saturated carbocycles. The highest BCUT2D eigenvalue weighted by atomic mass is 16.5. The van der Waals surface area contributed by atoms with Gasteiger partial charge in [0.05, 0.1) is 13.0 Å². The fraction of sp³-hybridized carbons (Fsp3) is 0.467. The third-order valence-corrected chi connectivity index (χ3v) is 3.00. The van der Waals surface area contributed by atoms with Gasteiger partial charge >= 0.3 is 6.09 Å². The zero-order valence-corrected chi connectivity index (χ0v) is 12.7. The number of benzene rings is 1. The fourth-order valence-electron chi connectivity index (χ4n) is 1.93. The zero-order chi connectivity index (χ0) is 15.8. The lowest BCUT2D eigenvalue weighted by molar-refractivity contribution is -0.120. The number of hydrogen-bond donors (Lipinski definition) is 3. The average Bonchev–Trinajstić information content (AvgIpc) is 2.46. The third kappa shape index (κ3) is 5.83. The van der Waals surface area contributed by atoms with Crippen LogP contribution in [-0.4, -0.2) is 25.7 Å². The van der Waals surface area contributed by atoms with Crippen molar-refractivity contribution in [1.82, 2.24) is 0 Å². The highest BCUT2D eigenvalue weighted by Gasteiger charge is 2.18. The molecule has 1 rings (SSSR count). The Hall–Kier alpha value is -2.08. The number of methoxy groups -OCH3 is 1. The van der Waals surface area contributed by atoms with Crippen LogP contribution in [0.1, 0.15) is 20.3 Å². The molecule has 0 aromatic heterocycles. The van der Waals surface area contributed by atoms with Crippen molar-refractivity contribution in [2.24, 2.45) is 17.6 Å². The smallest absolute Gasteiger partial charge is 0.411 e. The number of ether oxygens (including phenoxy) is 1. The first kappa shape index (κ1) is 17.0. The molecule has 21 heavy (non-hydrogen) atoms. The Balaban J connectivity index is 2.62. The van der Waals surface area contributed by atoms with Gasteiger partial charge in [-0.05, 0) is 36.6 Å². The lowest BCUT2D eigenvalue weighted by Gasteiger charge is -2.17. The summed E-state index contributed by atoms with van der Waals surface area (Å²) in [6, 6.07) is 6.80. The van der Waals surface area contributed by atoms with Gasteiger partial charge in [0.25, 0.3) is 0 Å². The van der Waals surface area contributed by atoms with Gasteiger partial charge in [-0.2, -0.15) is 0 Å². The average molecular weight is 293 g/mol. The molecular weight excluding hydrogens is 270 g/mol. The largest absolute Gasteiger partial charge is 0.453 e. The van der Waals surface area contributed by atoms with E-state index in [9.17, 15) is 9.59 Å². The van der Waals surface area contributed by atoms with Crippen LogP contribution in [0.5, 0.6) is 0 Å². The van der Waals surface area contributed by atoms with Gasteiger partial charge in [0.2, 0.25) is 5.91 Å². The summed E-state index contributed by atoms with van der Waals surface area (Å²) in [4.78, 5) is 23.2. The maximum atomic E-state index is 12.1. The van der Waals surface area contributed by atoms with Gasteiger partial charge in [-0.25, -0.2) is 4.79 Å². The van der Waals surface area contributed by atoms with Crippen molar-refractivity contribution in [3.05, 3.63) is 24.3 Å². The van der Waals surface area contributed by atoms with Gasteiger partial charge in [0, 0.05) is 17.9 Å². The van der Waals surface area contributed by atoms with Crippen molar-refractivity contribution in [2.45, 2.75) is 20.3 Å². The molecule has 6 nitrogen and oxygen atoms in total. The van der Waals surface area contributed by atoms with Crippen molar-refractivity contribution in [1.29, 1.82) is 0 Å². The van der Waals surface area contributed by atoms with Gasteiger partial charge in [-0.1, -0.05) is 13.8 Å². The Bertz CT molecular complexity index is 472. The molecule has 0 bridgehead atoms. The van der Waals surface area contributed by atoms with Gasteiger partial charge in [-0.15, -0.1) is 0 Å². The summed E-state index contributed by atoms with van der Waals surface area (Å²) in [5.74, 6) is 0.133. The lowest BCUT2D eigenvalue weighted by atomic mass is 9.96. The highest BCUT2D eigenvalue weighted by molar-refractivity contribution is 5.93. The SMILES string of the molecule is COC(=O)Nc1ccc(NC(=O)C(CN)CC(C)C)cc1. The summed E-state index contributed by atoms with van der Waals surface area (Å²) in [6.45, 7) is 4.44. The quantitative estimate of drug-likeness (QED) is 0.751. The topological polar surface area (TPSA) is 93.5 Å². The predicted molar refractivity (Wildman–Crippen MR) is 83.1 cm³/mol. The summed E-state index contributed by atoms with van der Waals surface area (Å²) in [5.41, 5.74) is 6.91. The molecule has 1 aromatic carbocycles. The van der Waals surface area contributed by atoms with E-state index < -0.39 is 6.09 Å². The van der Waals surface area contributed by atoms with E-state index in [-0.39, 0.29) is 11.8 Å². The second-order valence-corrected chi connectivity index (χ2v) is 5.25. The standard InChI is InChI=1S/C15H23N3O3/c1-10(2)8-11(9-16)14(19)17-12-4-6-13(7-5-12)18-15(20)21-3/h4-7,10-11H,8-9,16H2,1-3H3,(H,17,19)(H,18,20). The summed E-state index contributed by atoms with van der Waals surface area (Å²) in [6.07, 6.45) is 0.219. The van der Waals surface area contributed by atoms with Crippen LogP contribution in [0, 0.1) is 11.8 Å². The molecule has 1 unspecified atom stereocenters. The van der Waals surface area contributed by atoms with Gasteiger partial charge in [0.1, 0.15) is 0 Å². The number of carbonyl (C=O) groups is 2. The molecular formula is C15H23N3O3. The fourth-order valence-corrected chi connectivity index (χ4v) is 1.93. The molecule has 0 aliphatic carbocycles. The normalized spacial score (nSPS) is 11.9. The van der Waals surface area contributed by atoms with Crippen LogP contribution in [0.15, 0.2) is 24.3 Å². The van der Waals surface area contributed by atoms with Crippen LogP contribution < -0.4 is 16.4 Å². The van der Waals surface area contributed by atoms with Crippen LogP contribution in [0.4, 0.5) is 16.2 Å². The minimum atomic E-state index is -0.535. The number of nitrogens with one attached hydrogen (secondary N) is 2. The van der Waals surface area contributed by atoms with Crippen molar-refractivity contribution >= 4 is 23.4 Å². The molecule has 0 radical (unpaired) electrons. The Morgan fingerprint density at radius 2 is 1.67 bits per heavy atom. The number of rotatable bonds is 6. The van der Waals surface area contributed by atoms with E-state index in [0.29, 0.717) is 23.8 Å². The maximum Gasteiger partial charge on any atom is 0.411 e. The molecule has 2 amide bonds. The molecule has 4 N–H and O–H groups in total. The minimum absolute atomic E-state index is 0.0834. The van der Waals surface area contributed by atoms with E-state index in [1.807, 2.05) is 0 Å². The monoisotopic (exact) mass is 293 g/mol. The Kier molecular flexibility index (Phi) is 6.68. The third-order valence-electron chi connectivity index (χ3n) is 3.00.